The zero-order valence-corrected chi connectivity index (χ0v) is 15.9. The minimum atomic E-state index is -0.254. The van der Waals surface area contributed by atoms with Gasteiger partial charge in [0.1, 0.15) is 5.01 Å². The zero-order chi connectivity index (χ0) is 17.3. The first kappa shape index (κ1) is 17.6. The third-order valence-electron chi connectivity index (χ3n) is 5.26. The average molecular weight is 353 g/mol. The molecule has 0 saturated carbocycles. The van der Waals surface area contributed by atoms with Crippen LogP contribution in [0.4, 0.5) is 5.13 Å². The van der Waals surface area contributed by atoms with Gasteiger partial charge in [-0.05, 0) is 25.2 Å². The minimum Gasteiger partial charge on any atom is -0.380 e. The zero-order valence-electron chi connectivity index (χ0n) is 15.1. The minimum absolute atomic E-state index is 0.151. The van der Waals surface area contributed by atoms with Crippen molar-refractivity contribution in [1.29, 1.82) is 0 Å². The van der Waals surface area contributed by atoms with E-state index in [4.69, 9.17) is 4.74 Å². The van der Waals surface area contributed by atoms with E-state index in [0.29, 0.717) is 12.5 Å². The second kappa shape index (κ2) is 6.96. The Morgan fingerprint density at radius 3 is 2.67 bits per heavy atom. The third kappa shape index (κ3) is 3.42. The molecule has 2 fully saturated rings. The Kier molecular flexibility index (Phi) is 5.11. The molecule has 3 heterocycles. The van der Waals surface area contributed by atoms with Crippen LogP contribution in [0.5, 0.6) is 0 Å². The molecule has 24 heavy (non-hydrogen) atoms. The fraction of sp³-hybridized carbons (Fsp3) is 0.824. The van der Waals surface area contributed by atoms with Crippen molar-refractivity contribution >= 4 is 22.4 Å². The quantitative estimate of drug-likeness (QED) is 0.831. The molecule has 7 heteroatoms. The molecule has 1 unspecified atom stereocenters. The first-order chi connectivity index (χ1) is 11.4. The molecule has 134 valence electrons. The summed E-state index contributed by atoms with van der Waals surface area (Å²) >= 11 is 1.69. The van der Waals surface area contributed by atoms with Crippen molar-refractivity contribution in [1.82, 2.24) is 15.1 Å². The van der Waals surface area contributed by atoms with Gasteiger partial charge in [-0.3, -0.25) is 4.79 Å². The Morgan fingerprint density at radius 1 is 1.33 bits per heavy atom. The maximum absolute atomic E-state index is 12.8. The lowest BCUT2D eigenvalue weighted by Crippen LogP contribution is -2.56. The molecule has 0 aliphatic carbocycles. The summed E-state index contributed by atoms with van der Waals surface area (Å²) in [5.74, 6) is 0.880. The molecule has 1 atom stereocenters. The highest BCUT2D eigenvalue weighted by molar-refractivity contribution is 7.15. The van der Waals surface area contributed by atoms with Crippen LogP contribution in [-0.2, 0) is 16.0 Å². The summed E-state index contributed by atoms with van der Waals surface area (Å²) in [7, 11) is 3.64. The highest BCUT2D eigenvalue weighted by Crippen LogP contribution is 2.42. The first-order valence-electron chi connectivity index (χ1n) is 8.79. The highest BCUT2D eigenvalue weighted by Gasteiger charge is 2.48. The van der Waals surface area contributed by atoms with Crippen molar-refractivity contribution < 1.29 is 9.53 Å². The van der Waals surface area contributed by atoms with Crippen molar-refractivity contribution in [3.05, 3.63) is 5.01 Å². The number of methoxy groups -OCH3 is 1. The van der Waals surface area contributed by atoms with Crippen molar-refractivity contribution in [3.8, 4) is 0 Å². The molecular weight excluding hydrogens is 324 g/mol. The van der Waals surface area contributed by atoms with E-state index in [-0.39, 0.29) is 17.4 Å². The second-order valence-corrected chi connectivity index (χ2v) is 8.63. The number of carbonyl (C=O) groups excluding carboxylic acids is 1. The number of aromatic nitrogens is 2. The lowest BCUT2D eigenvalue weighted by molar-refractivity contribution is -0.153. The molecule has 0 bridgehead atoms. The van der Waals surface area contributed by atoms with Crippen LogP contribution >= 0.6 is 11.3 Å². The number of likely N-dealkylation sites (tertiary alicyclic amines) is 1. The summed E-state index contributed by atoms with van der Waals surface area (Å²) in [6, 6.07) is 0. The molecular formula is C17H28N4O2S. The summed E-state index contributed by atoms with van der Waals surface area (Å²) in [6.07, 6.45) is 3.71. The number of piperidine rings is 2. The largest absolute Gasteiger partial charge is 0.380 e. The van der Waals surface area contributed by atoms with Crippen LogP contribution in [0.1, 0.15) is 38.1 Å². The van der Waals surface area contributed by atoms with Gasteiger partial charge in [0, 0.05) is 40.2 Å². The van der Waals surface area contributed by atoms with Gasteiger partial charge < -0.3 is 14.5 Å². The van der Waals surface area contributed by atoms with E-state index >= 15 is 0 Å². The van der Waals surface area contributed by atoms with E-state index in [1.807, 2.05) is 11.9 Å². The number of hydrogen-bond donors (Lipinski definition) is 0. The van der Waals surface area contributed by atoms with Crippen LogP contribution in [0.15, 0.2) is 0 Å². The molecule has 3 rings (SSSR count). The van der Waals surface area contributed by atoms with Crippen LogP contribution < -0.4 is 4.90 Å². The number of anilines is 1. The molecule has 2 aliphatic heterocycles. The summed E-state index contributed by atoms with van der Waals surface area (Å²) in [5, 5.41) is 10.8. The molecule has 1 amide bonds. The summed E-state index contributed by atoms with van der Waals surface area (Å²) in [6.45, 7) is 6.83. The van der Waals surface area contributed by atoms with Crippen molar-refractivity contribution in [2.24, 2.45) is 11.3 Å². The normalized spacial score (nSPS) is 24.2. The number of likely N-dealkylation sites (N-methyl/N-ethyl adjacent to an activating group) is 1. The predicted molar refractivity (Wildman–Crippen MR) is 95.4 cm³/mol. The summed E-state index contributed by atoms with van der Waals surface area (Å²) in [5.41, 5.74) is -0.254. The van der Waals surface area contributed by atoms with Gasteiger partial charge in [-0.2, -0.15) is 0 Å². The second-order valence-electron chi connectivity index (χ2n) is 7.59. The maximum atomic E-state index is 12.8. The molecule has 1 aromatic rings. The molecule has 0 N–H and O–H groups in total. The number of hydrogen-bond acceptors (Lipinski definition) is 6. The van der Waals surface area contributed by atoms with E-state index in [1.54, 1.807) is 18.4 Å². The summed E-state index contributed by atoms with van der Waals surface area (Å²) < 4.78 is 5.56. The first-order valence-corrected chi connectivity index (χ1v) is 9.61. The van der Waals surface area contributed by atoms with Crippen molar-refractivity contribution in [3.63, 3.8) is 0 Å². The van der Waals surface area contributed by atoms with Crippen LogP contribution in [0.3, 0.4) is 0 Å². The van der Waals surface area contributed by atoms with Crippen LogP contribution in [0.25, 0.3) is 0 Å². The number of amides is 1. The number of nitrogens with zero attached hydrogens (tertiary/aromatic N) is 4. The Hall–Kier alpha value is -1.21. The Balaban J connectivity index is 1.66. The highest BCUT2D eigenvalue weighted by atomic mass is 32.1. The Morgan fingerprint density at radius 2 is 2.04 bits per heavy atom. The van der Waals surface area contributed by atoms with E-state index < -0.39 is 0 Å². The summed E-state index contributed by atoms with van der Waals surface area (Å²) in [4.78, 5) is 16.9. The van der Waals surface area contributed by atoms with Gasteiger partial charge in [0.15, 0.2) is 0 Å². The standard InChI is InChI=1S/C17H28N4O2S/c1-12(2)9-14-18-19-16(24-14)21-7-5-17(6-8-21)10-13(23-4)11-20(3)15(17)22/h12-13H,5-11H2,1-4H3. The SMILES string of the molecule is COC1CN(C)C(=O)C2(CCN(c3nnc(CC(C)C)s3)CC2)C1. The van der Waals surface area contributed by atoms with Crippen LogP contribution in [0, 0.1) is 11.3 Å². The van der Waals surface area contributed by atoms with E-state index in [0.717, 1.165) is 48.9 Å². The van der Waals surface area contributed by atoms with Crippen molar-refractivity contribution in [2.75, 3.05) is 38.7 Å². The van der Waals surface area contributed by atoms with Gasteiger partial charge in [0.2, 0.25) is 11.0 Å². The van der Waals surface area contributed by atoms with Crippen LogP contribution in [-0.4, -0.2) is 60.9 Å². The van der Waals surface area contributed by atoms with Gasteiger partial charge in [-0.15, -0.1) is 10.2 Å². The third-order valence-corrected chi connectivity index (χ3v) is 6.27. The van der Waals surface area contributed by atoms with Gasteiger partial charge in [0.25, 0.3) is 0 Å². The van der Waals surface area contributed by atoms with E-state index in [2.05, 4.69) is 28.9 Å². The number of carbonyl (C=O) groups is 1. The molecule has 1 spiro atoms. The monoisotopic (exact) mass is 352 g/mol. The van der Waals surface area contributed by atoms with E-state index in [9.17, 15) is 4.79 Å². The predicted octanol–water partition coefficient (Wildman–Crippen LogP) is 2.20. The maximum Gasteiger partial charge on any atom is 0.228 e. The Bertz CT molecular complexity index is 581. The molecule has 0 radical (unpaired) electrons. The smallest absolute Gasteiger partial charge is 0.228 e. The number of rotatable bonds is 4. The van der Waals surface area contributed by atoms with Gasteiger partial charge in [-0.25, -0.2) is 0 Å². The molecule has 2 saturated heterocycles. The van der Waals surface area contributed by atoms with E-state index in [1.165, 1.54) is 0 Å². The van der Waals surface area contributed by atoms with Crippen molar-refractivity contribution in [2.45, 2.75) is 45.6 Å². The van der Waals surface area contributed by atoms with Gasteiger partial charge in [-0.1, -0.05) is 25.2 Å². The molecule has 2 aliphatic rings. The number of ether oxygens (including phenoxy) is 1. The average Bonchev–Trinajstić information content (AvgIpc) is 3.00. The topological polar surface area (TPSA) is 58.6 Å². The lowest BCUT2D eigenvalue weighted by atomic mass is 9.71. The fourth-order valence-electron chi connectivity index (χ4n) is 3.89. The lowest BCUT2D eigenvalue weighted by Gasteiger charge is -2.47. The molecule has 6 nitrogen and oxygen atoms in total. The van der Waals surface area contributed by atoms with Gasteiger partial charge >= 0.3 is 0 Å². The fourth-order valence-corrected chi connectivity index (χ4v) is 4.99. The molecule has 0 aromatic carbocycles. The van der Waals surface area contributed by atoms with Crippen LogP contribution in [0.2, 0.25) is 0 Å². The van der Waals surface area contributed by atoms with Gasteiger partial charge in [0.05, 0.1) is 11.5 Å². The molecule has 1 aromatic heterocycles. The Labute approximate surface area is 148 Å².